The summed E-state index contributed by atoms with van der Waals surface area (Å²) < 4.78 is 41.9. The average molecular weight is 478 g/mol. The van der Waals surface area contributed by atoms with Gasteiger partial charge >= 0.3 is 0 Å². The van der Waals surface area contributed by atoms with E-state index in [9.17, 15) is 17.6 Å². The highest BCUT2D eigenvalue weighted by atomic mass is 32.2. The fourth-order valence-electron chi connectivity index (χ4n) is 3.57. The van der Waals surface area contributed by atoms with Gasteiger partial charge in [-0.1, -0.05) is 37.3 Å². The third-order valence-corrected chi connectivity index (χ3v) is 7.87. The first-order valence-corrected chi connectivity index (χ1v) is 12.6. The maximum Gasteiger partial charge on any atom is 0.244 e. The van der Waals surface area contributed by atoms with Crippen molar-refractivity contribution in [3.8, 4) is 0 Å². The molecule has 4 rings (SSSR count). The maximum absolute atomic E-state index is 14.0. The second kappa shape index (κ2) is 9.08. The molecule has 1 atom stereocenters. The van der Waals surface area contributed by atoms with Gasteiger partial charge in [0.1, 0.15) is 27.1 Å². The van der Waals surface area contributed by atoms with E-state index in [4.69, 9.17) is 0 Å². The molecule has 1 saturated heterocycles. The Kier molecular flexibility index (Phi) is 6.40. The first-order chi connectivity index (χ1) is 15.3. The quantitative estimate of drug-likeness (QED) is 0.586. The topological polar surface area (TPSA) is 95.5 Å². The van der Waals surface area contributed by atoms with Crippen molar-refractivity contribution >= 4 is 42.7 Å². The van der Waals surface area contributed by atoms with E-state index in [2.05, 4.69) is 19.6 Å². The third kappa shape index (κ3) is 4.59. The Morgan fingerprint density at radius 1 is 1.12 bits per heavy atom. The van der Waals surface area contributed by atoms with Crippen LogP contribution in [0.15, 0.2) is 47.5 Å². The highest BCUT2D eigenvalue weighted by molar-refractivity contribution is 7.89. The van der Waals surface area contributed by atoms with Crippen LogP contribution in [-0.4, -0.2) is 61.4 Å². The standard InChI is InChI=1S/C21H24FN5O3S2/c1-14(2)18(25-32(29,30)17-8-4-3-6-15(17)22)20(28)26-10-12-27(13-11-26)21-24-16-7-5-9-23-19(16)31-21/h3-9,14,18,25H,10-13H2,1-2H3/t18-/m0/s1. The molecule has 170 valence electrons. The van der Waals surface area contributed by atoms with Crippen LogP contribution in [0.2, 0.25) is 0 Å². The van der Waals surface area contributed by atoms with E-state index in [1.54, 1.807) is 24.9 Å². The van der Waals surface area contributed by atoms with Crippen molar-refractivity contribution in [1.82, 2.24) is 19.6 Å². The third-order valence-electron chi connectivity index (χ3n) is 5.36. The second-order valence-electron chi connectivity index (χ2n) is 7.91. The van der Waals surface area contributed by atoms with E-state index < -0.39 is 26.8 Å². The monoisotopic (exact) mass is 477 g/mol. The molecular weight excluding hydrogens is 453 g/mol. The lowest BCUT2D eigenvalue weighted by Gasteiger charge is -2.37. The van der Waals surface area contributed by atoms with Gasteiger partial charge in [-0.25, -0.2) is 22.8 Å². The van der Waals surface area contributed by atoms with E-state index in [1.165, 1.54) is 29.5 Å². The van der Waals surface area contributed by atoms with Crippen LogP contribution in [0.1, 0.15) is 13.8 Å². The predicted octanol–water partition coefficient (Wildman–Crippen LogP) is 2.48. The van der Waals surface area contributed by atoms with Crippen molar-refractivity contribution in [3.05, 3.63) is 48.4 Å². The summed E-state index contributed by atoms with van der Waals surface area (Å²) in [4.78, 5) is 26.3. The molecule has 1 aromatic carbocycles. The fourth-order valence-corrected chi connectivity index (χ4v) is 5.95. The molecule has 0 spiro atoms. The molecule has 1 aliphatic rings. The second-order valence-corrected chi connectivity index (χ2v) is 10.5. The van der Waals surface area contributed by atoms with Crippen molar-refractivity contribution in [2.45, 2.75) is 24.8 Å². The Labute approximate surface area is 190 Å². The number of fused-ring (bicyclic) bond motifs is 1. The zero-order valence-electron chi connectivity index (χ0n) is 17.7. The molecule has 1 fully saturated rings. The number of piperazine rings is 1. The lowest BCUT2D eigenvalue weighted by Crippen LogP contribution is -2.56. The van der Waals surface area contributed by atoms with Crippen LogP contribution in [0.3, 0.4) is 0 Å². The van der Waals surface area contributed by atoms with Crippen LogP contribution >= 0.6 is 11.3 Å². The average Bonchev–Trinajstić information content (AvgIpc) is 3.21. The molecule has 3 heterocycles. The number of nitrogens with zero attached hydrogens (tertiary/aromatic N) is 4. The molecule has 3 aromatic rings. The van der Waals surface area contributed by atoms with Crippen LogP contribution in [0.5, 0.6) is 0 Å². The lowest BCUT2D eigenvalue weighted by atomic mass is 10.0. The Morgan fingerprint density at radius 3 is 2.50 bits per heavy atom. The molecule has 0 bridgehead atoms. The fraction of sp³-hybridized carbons (Fsp3) is 0.381. The number of benzene rings is 1. The highest BCUT2D eigenvalue weighted by Gasteiger charge is 2.34. The van der Waals surface area contributed by atoms with E-state index in [0.717, 1.165) is 21.5 Å². The van der Waals surface area contributed by atoms with Crippen LogP contribution in [0, 0.1) is 11.7 Å². The SMILES string of the molecule is CC(C)[C@H](NS(=O)(=O)c1ccccc1F)C(=O)N1CCN(c2nc3cccnc3s2)CC1. The van der Waals surface area contributed by atoms with Crippen molar-refractivity contribution in [2.24, 2.45) is 5.92 Å². The molecular formula is C21H24FN5O3S2. The summed E-state index contributed by atoms with van der Waals surface area (Å²) in [5.74, 6) is -1.48. The Bertz CT molecular complexity index is 1190. The molecule has 1 amide bonds. The summed E-state index contributed by atoms with van der Waals surface area (Å²) in [6, 6.07) is 7.90. The van der Waals surface area contributed by atoms with Gasteiger partial charge in [-0.15, -0.1) is 0 Å². The van der Waals surface area contributed by atoms with Crippen LogP contribution in [-0.2, 0) is 14.8 Å². The number of rotatable bonds is 6. The first kappa shape index (κ1) is 22.6. The zero-order chi connectivity index (χ0) is 22.9. The molecule has 2 aromatic heterocycles. The molecule has 0 unspecified atom stereocenters. The molecule has 1 aliphatic heterocycles. The van der Waals surface area contributed by atoms with Gasteiger partial charge in [-0.05, 0) is 30.2 Å². The van der Waals surface area contributed by atoms with Crippen molar-refractivity contribution in [3.63, 3.8) is 0 Å². The van der Waals surface area contributed by atoms with Crippen molar-refractivity contribution < 1.29 is 17.6 Å². The number of halogens is 1. The number of carbonyl (C=O) groups excluding carboxylic acids is 1. The number of amides is 1. The van der Waals surface area contributed by atoms with Crippen LogP contribution in [0.25, 0.3) is 10.3 Å². The molecule has 32 heavy (non-hydrogen) atoms. The minimum atomic E-state index is -4.19. The molecule has 0 aliphatic carbocycles. The van der Waals surface area contributed by atoms with E-state index in [0.29, 0.717) is 26.2 Å². The molecule has 0 radical (unpaired) electrons. The predicted molar refractivity (Wildman–Crippen MR) is 122 cm³/mol. The van der Waals surface area contributed by atoms with Gasteiger partial charge in [0.25, 0.3) is 0 Å². The highest BCUT2D eigenvalue weighted by Crippen LogP contribution is 2.28. The summed E-state index contributed by atoms with van der Waals surface area (Å²) >= 11 is 1.50. The van der Waals surface area contributed by atoms with Crippen LogP contribution in [0.4, 0.5) is 9.52 Å². The lowest BCUT2D eigenvalue weighted by molar-refractivity contribution is -0.134. The van der Waals surface area contributed by atoms with E-state index in [1.807, 2.05) is 12.1 Å². The minimum absolute atomic E-state index is 0.308. The number of carbonyl (C=O) groups is 1. The number of nitrogens with one attached hydrogen (secondary N) is 1. The van der Waals surface area contributed by atoms with Crippen molar-refractivity contribution in [2.75, 3.05) is 31.1 Å². The largest absolute Gasteiger partial charge is 0.344 e. The molecule has 8 nitrogen and oxygen atoms in total. The van der Waals surface area contributed by atoms with Gasteiger partial charge in [0, 0.05) is 32.4 Å². The number of thiazole rings is 1. The van der Waals surface area contributed by atoms with Gasteiger partial charge in [0.2, 0.25) is 15.9 Å². The number of aromatic nitrogens is 2. The Morgan fingerprint density at radius 2 is 1.84 bits per heavy atom. The summed E-state index contributed by atoms with van der Waals surface area (Å²) in [6.45, 7) is 5.56. The van der Waals surface area contributed by atoms with Gasteiger partial charge in [-0.3, -0.25) is 4.79 Å². The number of hydrogen-bond acceptors (Lipinski definition) is 7. The summed E-state index contributed by atoms with van der Waals surface area (Å²) in [5, 5.41) is 0.853. The zero-order valence-corrected chi connectivity index (χ0v) is 19.4. The van der Waals surface area contributed by atoms with E-state index in [-0.39, 0.29) is 11.8 Å². The first-order valence-electron chi connectivity index (χ1n) is 10.3. The van der Waals surface area contributed by atoms with Gasteiger partial charge in [-0.2, -0.15) is 4.72 Å². The summed E-state index contributed by atoms with van der Waals surface area (Å²) in [5.41, 5.74) is 0.841. The Balaban J connectivity index is 1.45. The van der Waals surface area contributed by atoms with Crippen LogP contribution < -0.4 is 9.62 Å². The number of pyridine rings is 1. The minimum Gasteiger partial charge on any atom is -0.344 e. The number of hydrogen-bond donors (Lipinski definition) is 1. The van der Waals surface area contributed by atoms with Gasteiger partial charge in [0.15, 0.2) is 5.13 Å². The number of sulfonamides is 1. The van der Waals surface area contributed by atoms with Gasteiger partial charge in [0.05, 0.1) is 0 Å². The number of anilines is 1. The maximum atomic E-state index is 14.0. The van der Waals surface area contributed by atoms with E-state index >= 15 is 0 Å². The normalized spacial score (nSPS) is 16.0. The molecule has 11 heteroatoms. The molecule has 0 saturated carbocycles. The smallest absolute Gasteiger partial charge is 0.244 e. The van der Waals surface area contributed by atoms with Crippen molar-refractivity contribution in [1.29, 1.82) is 0 Å². The summed E-state index contributed by atoms with van der Waals surface area (Å²) in [7, 11) is -4.19. The Hall–Kier alpha value is -2.63. The summed E-state index contributed by atoms with van der Waals surface area (Å²) in [6.07, 6.45) is 1.73. The van der Waals surface area contributed by atoms with Gasteiger partial charge < -0.3 is 9.80 Å². The molecule has 1 N–H and O–H groups in total.